The van der Waals surface area contributed by atoms with E-state index in [0.29, 0.717) is 17.2 Å². The average Bonchev–Trinajstić information content (AvgIpc) is 2.63. The number of piperazine rings is 1. The molecule has 2 amide bonds. The van der Waals surface area contributed by atoms with Crippen LogP contribution in [-0.4, -0.2) is 73.4 Å². The second-order valence-corrected chi connectivity index (χ2v) is 8.49. The summed E-state index contributed by atoms with van der Waals surface area (Å²) in [7, 11) is -2.13. The molecular weight excluding hydrogens is 380 g/mol. The molecule has 1 aromatic carbocycles. The highest BCUT2D eigenvalue weighted by Gasteiger charge is 2.32. The van der Waals surface area contributed by atoms with Gasteiger partial charge in [-0.3, -0.25) is 9.59 Å². The van der Waals surface area contributed by atoms with Crippen molar-refractivity contribution < 1.29 is 18.0 Å². The van der Waals surface area contributed by atoms with Crippen molar-refractivity contribution in [1.82, 2.24) is 14.2 Å². The lowest BCUT2D eigenvalue weighted by Crippen LogP contribution is -2.52. The number of benzene rings is 1. The van der Waals surface area contributed by atoms with Crippen LogP contribution in [0.5, 0.6) is 0 Å². The molecule has 0 atom stereocenters. The first-order valence-electron chi connectivity index (χ1n) is 8.18. The number of amides is 2. The minimum Gasteiger partial charge on any atom is -0.335 e. The normalized spacial score (nSPS) is 19.5. The monoisotopic (exact) mass is 398 g/mol. The quantitative estimate of drug-likeness (QED) is 0.752. The largest absolute Gasteiger partial charge is 0.335 e. The molecule has 2 aliphatic rings. The molecule has 1 aromatic rings. The summed E-state index contributed by atoms with van der Waals surface area (Å²) in [5, 5.41) is 5.56. The third-order valence-corrected chi connectivity index (χ3v) is 6.54. The third kappa shape index (κ3) is 3.74. The van der Waals surface area contributed by atoms with Crippen LogP contribution >= 0.6 is 11.6 Å². The Kier molecular flexibility index (Phi) is 5.31. The van der Waals surface area contributed by atoms with Crippen LogP contribution in [0.1, 0.15) is 12.8 Å². The highest BCUT2D eigenvalue weighted by molar-refractivity contribution is 7.89. The summed E-state index contributed by atoms with van der Waals surface area (Å²) in [4.78, 5) is 25.7. The van der Waals surface area contributed by atoms with Crippen LogP contribution in [0.4, 0.5) is 0 Å². The number of sulfonamides is 1. The SMILES string of the molecule is CN1N=C(C(=O)N2CCN(S(=O)(=O)c3cccc(Cl)c3)CC2)CCC1=O. The van der Waals surface area contributed by atoms with Gasteiger partial charge in [0.15, 0.2) is 0 Å². The Labute approximate surface area is 157 Å². The predicted octanol–water partition coefficient (Wildman–Crippen LogP) is 0.781. The number of halogens is 1. The van der Waals surface area contributed by atoms with E-state index < -0.39 is 10.0 Å². The highest BCUT2D eigenvalue weighted by atomic mass is 35.5. The molecule has 1 saturated heterocycles. The minimum absolute atomic E-state index is 0.126. The lowest BCUT2D eigenvalue weighted by Gasteiger charge is -2.34. The van der Waals surface area contributed by atoms with E-state index >= 15 is 0 Å². The van der Waals surface area contributed by atoms with Gasteiger partial charge in [-0.25, -0.2) is 13.4 Å². The molecule has 0 radical (unpaired) electrons. The Morgan fingerprint density at radius 3 is 2.46 bits per heavy atom. The van der Waals surface area contributed by atoms with Crippen molar-refractivity contribution in [2.45, 2.75) is 17.7 Å². The first-order valence-corrected chi connectivity index (χ1v) is 10.00. The van der Waals surface area contributed by atoms with Gasteiger partial charge in [-0.1, -0.05) is 17.7 Å². The van der Waals surface area contributed by atoms with Crippen LogP contribution in [0, 0.1) is 0 Å². The van der Waals surface area contributed by atoms with E-state index in [4.69, 9.17) is 11.6 Å². The Morgan fingerprint density at radius 1 is 1.15 bits per heavy atom. The van der Waals surface area contributed by atoms with Crippen LogP contribution in [-0.2, 0) is 19.6 Å². The summed E-state index contributed by atoms with van der Waals surface area (Å²) < 4.78 is 26.7. The van der Waals surface area contributed by atoms with Crippen LogP contribution in [0.25, 0.3) is 0 Å². The maximum atomic E-state index is 12.7. The Morgan fingerprint density at radius 2 is 1.85 bits per heavy atom. The molecule has 140 valence electrons. The zero-order chi connectivity index (χ0) is 18.9. The van der Waals surface area contributed by atoms with Gasteiger partial charge in [0.05, 0.1) is 4.90 Å². The van der Waals surface area contributed by atoms with Crippen LogP contribution in [0.15, 0.2) is 34.3 Å². The van der Waals surface area contributed by atoms with Crippen molar-refractivity contribution in [3.05, 3.63) is 29.3 Å². The number of hydrogen-bond donors (Lipinski definition) is 0. The summed E-state index contributed by atoms with van der Waals surface area (Å²) in [6, 6.07) is 6.12. The number of carbonyl (C=O) groups excluding carboxylic acids is 2. The minimum atomic E-state index is -3.65. The zero-order valence-corrected chi connectivity index (χ0v) is 15.8. The second-order valence-electron chi connectivity index (χ2n) is 6.12. The van der Waals surface area contributed by atoms with Gasteiger partial charge < -0.3 is 4.90 Å². The van der Waals surface area contributed by atoms with E-state index in [1.54, 1.807) is 17.0 Å². The molecule has 0 N–H and O–H groups in total. The molecule has 0 saturated carbocycles. The van der Waals surface area contributed by atoms with Crippen molar-refractivity contribution in [3.63, 3.8) is 0 Å². The fourth-order valence-electron chi connectivity index (χ4n) is 2.91. The predicted molar refractivity (Wildman–Crippen MR) is 96.2 cm³/mol. The van der Waals surface area contributed by atoms with Gasteiger partial charge in [0, 0.05) is 51.1 Å². The summed E-state index contributed by atoms with van der Waals surface area (Å²) in [6.07, 6.45) is 0.563. The summed E-state index contributed by atoms with van der Waals surface area (Å²) in [5.41, 5.74) is 0.332. The molecule has 1 fully saturated rings. The molecule has 10 heteroatoms. The van der Waals surface area contributed by atoms with Gasteiger partial charge in [0.1, 0.15) is 5.71 Å². The topological polar surface area (TPSA) is 90.4 Å². The maximum Gasteiger partial charge on any atom is 0.270 e. The van der Waals surface area contributed by atoms with Crippen LogP contribution in [0.2, 0.25) is 5.02 Å². The van der Waals surface area contributed by atoms with E-state index in [1.165, 1.54) is 28.5 Å². The molecule has 0 spiro atoms. The van der Waals surface area contributed by atoms with Gasteiger partial charge in [-0.2, -0.15) is 9.41 Å². The average molecular weight is 399 g/mol. The first-order chi connectivity index (χ1) is 12.3. The van der Waals surface area contributed by atoms with E-state index in [0.717, 1.165) is 0 Å². The standard InChI is InChI=1S/C16H19ClN4O4S/c1-19-15(22)6-5-14(18-19)16(23)20-7-9-21(10-8-20)26(24,25)13-4-2-3-12(17)11-13/h2-4,11H,5-10H2,1H3. The highest BCUT2D eigenvalue weighted by Crippen LogP contribution is 2.21. The summed E-state index contributed by atoms with van der Waals surface area (Å²) in [6.45, 7) is 0.940. The van der Waals surface area contributed by atoms with Crippen LogP contribution in [0.3, 0.4) is 0 Å². The molecular formula is C16H19ClN4O4S. The van der Waals surface area contributed by atoms with E-state index in [1.807, 2.05) is 0 Å². The van der Waals surface area contributed by atoms with Crippen molar-refractivity contribution in [1.29, 1.82) is 0 Å². The number of rotatable bonds is 3. The number of nitrogens with zero attached hydrogens (tertiary/aromatic N) is 4. The van der Waals surface area contributed by atoms with Crippen molar-refractivity contribution >= 4 is 39.2 Å². The van der Waals surface area contributed by atoms with Crippen molar-refractivity contribution in [2.75, 3.05) is 33.2 Å². The van der Waals surface area contributed by atoms with E-state index in [-0.39, 0.29) is 49.3 Å². The number of hydrazone groups is 1. The first kappa shape index (κ1) is 18.8. The van der Waals surface area contributed by atoms with Gasteiger partial charge in [-0.05, 0) is 18.2 Å². The summed E-state index contributed by atoms with van der Waals surface area (Å²) >= 11 is 5.89. The molecule has 0 aromatic heterocycles. The Bertz CT molecular complexity index is 863. The van der Waals surface area contributed by atoms with Crippen LogP contribution < -0.4 is 0 Å². The van der Waals surface area contributed by atoms with Gasteiger partial charge in [-0.15, -0.1) is 0 Å². The number of hydrogen-bond acceptors (Lipinski definition) is 5. The van der Waals surface area contributed by atoms with E-state index in [2.05, 4.69) is 5.10 Å². The van der Waals surface area contributed by atoms with Crippen molar-refractivity contribution in [3.8, 4) is 0 Å². The van der Waals surface area contributed by atoms with Gasteiger partial charge >= 0.3 is 0 Å². The fraction of sp³-hybridized carbons (Fsp3) is 0.438. The molecule has 0 bridgehead atoms. The maximum absolute atomic E-state index is 12.7. The Balaban J connectivity index is 1.67. The smallest absolute Gasteiger partial charge is 0.270 e. The molecule has 26 heavy (non-hydrogen) atoms. The van der Waals surface area contributed by atoms with E-state index in [9.17, 15) is 18.0 Å². The van der Waals surface area contributed by atoms with Crippen molar-refractivity contribution in [2.24, 2.45) is 5.10 Å². The molecule has 0 unspecified atom stereocenters. The summed E-state index contributed by atoms with van der Waals surface area (Å²) in [5.74, 6) is -0.372. The number of carbonyl (C=O) groups is 2. The fourth-order valence-corrected chi connectivity index (χ4v) is 4.64. The molecule has 0 aliphatic carbocycles. The lowest BCUT2D eigenvalue weighted by molar-refractivity contribution is -0.130. The van der Waals surface area contributed by atoms with Gasteiger partial charge in [0.2, 0.25) is 15.9 Å². The molecule has 3 rings (SSSR count). The molecule has 8 nitrogen and oxygen atoms in total. The third-order valence-electron chi connectivity index (χ3n) is 4.41. The molecule has 2 heterocycles. The Hall–Kier alpha value is -1.97. The second kappa shape index (κ2) is 7.34. The van der Waals surface area contributed by atoms with Gasteiger partial charge in [0.25, 0.3) is 5.91 Å². The lowest BCUT2D eigenvalue weighted by atomic mass is 10.1. The molecule has 2 aliphatic heterocycles. The zero-order valence-electron chi connectivity index (χ0n) is 14.3.